The number of likely N-dealkylation sites (tertiary alicyclic amines) is 1. The highest BCUT2D eigenvalue weighted by Gasteiger charge is 2.45. The Kier molecular flexibility index (Phi) is 14.5. The van der Waals surface area contributed by atoms with Gasteiger partial charge in [0.05, 0.1) is 81.3 Å². The molecule has 1 saturated carbocycles. The first-order chi connectivity index (χ1) is 30.1. The number of carbonyl (C=O) groups excluding carboxylic acids is 1. The number of hydrogen-bond acceptors (Lipinski definition) is 14. The molecule has 8 rings (SSSR count). The van der Waals surface area contributed by atoms with Crippen molar-refractivity contribution in [2.24, 2.45) is 23.7 Å². The van der Waals surface area contributed by atoms with E-state index in [4.69, 9.17) is 69.5 Å². The Balaban J connectivity index is 0.000000190. The average molecular weight is 889 g/mol. The summed E-state index contributed by atoms with van der Waals surface area (Å²) in [5.74, 6) is 2.96. The van der Waals surface area contributed by atoms with Gasteiger partial charge in [0.25, 0.3) is 11.8 Å². The third-order valence-electron chi connectivity index (χ3n) is 11.0. The van der Waals surface area contributed by atoms with Crippen LogP contribution in [0.25, 0.3) is 9.69 Å². The Morgan fingerprint density at radius 3 is 1.61 bits per heavy atom. The quantitative estimate of drug-likeness (QED) is 0.137. The molecule has 0 spiro atoms. The number of hydrogen-bond donors (Lipinski definition) is 2. The zero-order chi connectivity index (χ0) is 43.8. The number of carbonyl (C=O) groups is 1. The fraction of sp³-hybridized carbons (Fsp3) is 0.465. The van der Waals surface area contributed by atoms with Gasteiger partial charge in [0.2, 0.25) is 11.5 Å². The molecule has 2 aromatic carbocycles. The van der Waals surface area contributed by atoms with Gasteiger partial charge < -0.3 is 48.7 Å². The lowest BCUT2D eigenvalue weighted by molar-refractivity contribution is -0.111. The number of ether oxygens (including phenoxy) is 7. The molecule has 4 fully saturated rings. The maximum absolute atomic E-state index is 12.4. The van der Waals surface area contributed by atoms with E-state index in [-0.39, 0.29) is 42.1 Å². The van der Waals surface area contributed by atoms with Crippen LogP contribution in [0.3, 0.4) is 0 Å². The number of nitrogens with one attached hydrogen (secondary N) is 2. The second-order valence-corrected chi connectivity index (χ2v) is 16.3. The van der Waals surface area contributed by atoms with Crippen LogP contribution in [0.5, 0.6) is 23.3 Å². The molecule has 2 aromatic heterocycles. The summed E-state index contributed by atoms with van der Waals surface area (Å²) < 4.78 is 40.6. The monoisotopic (exact) mass is 887 g/mol. The van der Waals surface area contributed by atoms with Crippen LogP contribution in [0, 0.1) is 36.8 Å². The lowest BCUT2D eigenvalue weighted by Crippen LogP contribution is -2.58. The molecular weight excluding hydrogens is 841 g/mol. The second kappa shape index (κ2) is 20.3. The lowest BCUT2D eigenvalue weighted by atomic mass is 9.78. The zero-order valence-electron chi connectivity index (χ0n) is 34.7. The number of methoxy groups -OCH3 is 2. The minimum Gasteiger partial charge on any atom is -0.489 e. The molecule has 62 heavy (non-hydrogen) atoms. The van der Waals surface area contributed by atoms with Gasteiger partial charge in [-0.05, 0) is 51.0 Å². The van der Waals surface area contributed by atoms with Crippen molar-refractivity contribution in [3.63, 3.8) is 0 Å². The van der Waals surface area contributed by atoms with Gasteiger partial charge in [-0.25, -0.2) is 24.5 Å². The van der Waals surface area contributed by atoms with E-state index in [0.29, 0.717) is 99.9 Å². The fourth-order valence-corrected chi connectivity index (χ4v) is 8.53. The van der Waals surface area contributed by atoms with Crippen molar-refractivity contribution in [2.75, 3.05) is 64.4 Å². The molecule has 4 aromatic rings. The van der Waals surface area contributed by atoms with E-state index >= 15 is 0 Å². The zero-order valence-corrected chi connectivity index (χ0v) is 36.2. The summed E-state index contributed by atoms with van der Waals surface area (Å²) in [6, 6.07) is 9.96. The first-order valence-electron chi connectivity index (χ1n) is 20.2. The maximum atomic E-state index is 12.4. The van der Waals surface area contributed by atoms with Crippen LogP contribution in [-0.2, 0) is 14.2 Å². The molecule has 4 aliphatic rings. The molecule has 19 heteroatoms. The van der Waals surface area contributed by atoms with Gasteiger partial charge in [-0.2, -0.15) is 9.97 Å². The van der Waals surface area contributed by atoms with E-state index in [0.717, 1.165) is 26.1 Å². The fourth-order valence-electron chi connectivity index (χ4n) is 8.08. The summed E-state index contributed by atoms with van der Waals surface area (Å²) in [6.07, 6.45) is 5.59. The molecule has 17 nitrogen and oxygen atoms in total. The van der Waals surface area contributed by atoms with Gasteiger partial charge in [0, 0.05) is 36.8 Å². The first kappa shape index (κ1) is 44.2. The Hall–Kier alpha value is -5.85. The van der Waals surface area contributed by atoms with Gasteiger partial charge in [-0.1, -0.05) is 41.8 Å². The van der Waals surface area contributed by atoms with Gasteiger partial charge in [0.1, 0.15) is 24.9 Å². The van der Waals surface area contributed by atoms with E-state index in [2.05, 4.69) is 40.3 Å². The number of benzene rings is 2. The van der Waals surface area contributed by atoms with Crippen LogP contribution in [0.4, 0.5) is 39.2 Å². The molecule has 3 saturated heterocycles. The number of nitrogens with zero attached hydrogens (tertiary/aromatic N) is 7. The smallest absolute Gasteiger partial charge is 0.410 e. The number of piperidine rings is 1. The van der Waals surface area contributed by atoms with Crippen LogP contribution in [0.15, 0.2) is 49.1 Å². The van der Waals surface area contributed by atoms with Crippen molar-refractivity contribution in [2.45, 2.75) is 51.4 Å². The van der Waals surface area contributed by atoms with Gasteiger partial charge in [-0.15, -0.1) is 0 Å². The molecule has 4 unspecified atom stereocenters. The lowest BCUT2D eigenvalue weighted by Gasteiger charge is -2.45. The molecule has 1 aliphatic carbocycles. The van der Waals surface area contributed by atoms with E-state index in [1.165, 1.54) is 26.2 Å². The van der Waals surface area contributed by atoms with Crippen molar-refractivity contribution in [1.29, 1.82) is 0 Å². The predicted molar refractivity (Wildman–Crippen MR) is 231 cm³/mol. The third-order valence-corrected chi connectivity index (χ3v) is 11.6. The highest BCUT2D eigenvalue weighted by molar-refractivity contribution is 6.34. The summed E-state index contributed by atoms with van der Waals surface area (Å²) in [7, 11) is 3.07. The number of aromatic nitrogens is 4. The maximum Gasteiger partial charge on any atom is 0.410 e. The summed E-state index contributed by atoms with van der Waals surface area (Å²) in [5.41, 5.74) is 2.10. The third kappa shape index (κ3) is 10.3. The largest absolute Gasteiger partial charge is 0.489 e. The van der Waals surface area contributed by atoms with E-state index in [1.54, 1.807) is 48.4 Å². The normalized spacial score (nSPS) is 22.4. The molecule has 4 atom stereocenters. The first-order valence-corrected chi connectivity index (χ1v) is 20.9. The Bertz CT molecular complexity index is 2270. The molecule has 0 radical (unpaired) electrons. The van der Waals surface area contributed by atoms with Crippen molar-refractivity contribution in [3.8, 4) is 23.3 Å². The minimum absolute atomic E-state index is 0.0427. The number of rotatable bonds is 11. The molecule has 3 aliphatic heterocycles. The molecule has 4 bridgehead atoms. The van der Waals surface area contributed by atoms with Crippen molar-refractivity contribution < 1.29 is 38.0 Å². The summed E-state index contributed by atoms with van der Waals surface area (Å²) >= 11 is 12.6. The standard InChI is InChI=1S/C23H26ClN5O5.C20H21ClN4O3/c1-13(2)33-23(30)29-8-14-10-32-11-15(9-29)19(14)34-22-20(31-4)21(26-12-27-22)28-18-6-5-16(25-3)7-17(18)24;1-22-14-6-7-16(15(21)8-14)25-19-18(26-2)20(24-11-23-19)28-17-12-4-3-5-13(17)10-27-9-12/h5-7,12-15,19H,8-11H2,1-2,4H3,(H,26,27,28);6-8,11-13,17H,3-5,9-10H2,2H3,(H,23,24,25). The summed E-state index contributed by atoms with van der Waals surface area (Å²) in [5, 5.41) is 7.09. The number of amides is 1. The van der Waals surface area contributed by atoms with Crippen LogP contribution in [-0.4, -0.2) is 103 Å². The Labute approximate surface area is 369 Å². The van der Waals surface area contributed by atoms with Crippen LogP contribution in [0.1, 0.15) is 33.1 Å². The van der Waals surface area contributed by atoms with Gasteiger partial charge in [0.15, 0.2) is 23.0 Å². The number of anilines is 4. The van der Waals surface area contributed by atoms with Crippen LogP contribution in [0.2, 0.25) is 10.0 Å². The summed E-state index contributed by atoms with van der Waals surface area (Å²) in [6.45, 7) is 21.2. The Morgan fingerprint density at radius 2 is 1.19 bits per heavy atom. The SMILES string of the molecule is [C-]#[N+]c1ccc(Nc2ncnc(OC3C4CCCC3COC4)c2OC)c(Cl)c1.[C-]#[N+]c1ccc(Nc2ncnc(OC3C4COCC3CN(C(=O)OC(C)C)C4)c2OC)c(Cl)c1. The number of fused-ring (bicyclic) bond motifs is 4. The van der Waals surface area contributed by atoms with Crippen LogP contribution >= 0.6 is 23.2 Å². The van der Waals surface area contributed by atoms with E-state index in [1.807, 2.05) is 13.8 Å². The Morgan fingerprint density at radius 1 is 0.742 bits per heavy atom. The van der Waals surface area contributed by atoms with Crippen molar-refractivity contribution in [3.05, 3.63) is 81.9 Å². The van der Waals surface area contributed by atoms with Crippen LogP contribution < -0.4 is 29.6 Å². The number of halogens is 2. The van der Waals surface area contributed by atoms with Crippen molar-refractivity contribution >= 4 is 63.7 Å². The van der Waals surface area contributed by atoms with Crippen molar-refractivity contribution in [1.82, 2.24) is 24.8 Å². The van der Waals surface area contributed by atoms with Gasteiger partial charge >= 0.3 is 6.09 Å². The second-order valence-electron chi connectivity index (χ2n) is 15.5. The molecule has 2 N–H and O–H groups in total. The summed E-state index contributed by atoms with van der Waals surface area (Å²) in [4.78, 5) is 38.1. The predicted octanol–water partition coefficient (Wildman–Crippen LogP) is 8.93. The molecule has 326 valence electrons. The highest BCUT2D eigenvalue weighted by atomic mass is 35.5. The molecular formula is C43H47Cl2N9O8. The minimum atomic E-state index is -0.322. The van der Waals surface area contributed by atoms with E-state index < -0.39 is 0 Å². The molecule has 5 heterocycles. The topological polar surface area (TPSA) is 169 Å². The average Bonchev–Trinajstić information content (AvgIpc) is 3.25. The van der Waals surface area contributed by atoms with E-state index in [9.17, 15) is 4.79 Å². The molecule has 1 amide bonds. The highest BCUT2D eigenvalue weighted by Crippen LogP contribution is 2.42. The van der Waals surface area contributed by atoms with Gasteiger partial charge in [-0.3, -0.25) is 0 Å².